The molecule has 2 heterocycles. The van der Waals surface area contributed by atoms with E-state index in [9.17, 15) is 4.79 Å². The summed E-state index contributed by atoms with van der Waals surface area (Å²) >= 11 is 0. The van der Waals surface area contributed by atoms with Crippen LogP contribution in [0.1, 0.15) is 29.6 Å². The van der Waals surface area contributed by atoms with Crippen LogP contribution < -0.4 is 0 Å². The van der Waals surface area contributed by atoms with Crippen molar-refractivity contribution in [2.45, 2.75) is 25.8 Å². The minimum absolute atomic E-state index is 0.215. The maximum absolute atomic E-state index is 11.1. The summed E-state index contributed by atoms with van der Waals surface area (Å²) in [6.45, 7) is 3.98. The van der Waals surface area contributed by atoms with Gasteiger partial charge in [-0.25, -0.2) is 9.48 Å². The van der Waals surface area contributed by atoms with Crippen LogP contribution in [0.2, 0.25) is 0 Å². The van der Waals surface area contributed by atoms with Crippen molar-refractivity contribution in [1.29, 1.82) is 0 Å². The van der Waals surface area contributed by atoms with Crippen LogP contribution in [0.25, 0.3) is 11.0 Å². The van der Waals surface area contributed by atoms with Gasteiger partial charge in [-0.2, -0.15) is 0 Å². The molecule has 1 aromatic heterocycles. The third-order valence-electron chi connectivity index (χ3n) is 3.85. The molecule has 1 saturated heterocycles. The lowest BCUT2D eigenvalue weighted by Crippen LogP contribution is -2.32. The molecule has 1 aromatic carbocycles. The van der Waals surface area contributed by atoms with Gasteiger partial charge < -0.3 is 10.0 Å². The number of carboxylic acids is 1. The van der Waals surface area contributed by atoms with E-state index in [1.807, 2.05) is 6.07 Å². The Morgan fingerprint density at radius 1 is 1.20 bits per heavy atom. The van der Waals surface area contributed by atoms with Crippen LogP contribution in [-0.4, -0.2) is 50.6 Å². The lowest BCUT2D eigenvalue weighted by atomic mass is 10.1. The molecule has 0 radical (unpaired) electrons. The number of hydrogen-bond acceptors (Lipinski definition) is 4. The highest BCUT2D eigenvalue weighted by molar-refractivity contribution is 6.00. The van der Waals surface area contributed by atoms with Gasteiger partial charge in [0.15, 0.2) is 0 Å². The van der Waals surface area contributed by atoms with Gasteiger partial charge in [0.1, 0.15) is 5.52 Å². The Labute approximate surface area is 117 Å². The van der Waals surface area contributed by atoms with Gasteiger partial charge in [0.25, 0.3) is 0 Å². The third kappa shape index (κ3) is 2.51. The lowest BCUT2D eigenvalue weighted by Gasteiger charge is -2.26. The van der Waals surface area contributed by atoms with Crippen molar-refractivity contribution in [2.24, 2.45) is 0 Å². The summed E-state index contributed by atoms with van der Waals surface area (Å²) in [5.41, 5.74) is 1.48. The summed E-state index contributed by atoms with van der Waals surface area (Å²) in [6.07, 6.45) is 3.85. The number of carboxylic acid groups (broad SMARTS) is 1. The molecule has 3 rings (SSSR count). The number of aromatic carboxylic acids is 1. The highest BCUT2D eigenvalue weighted by Crippen LogP contribution is 2.16. The minimum atomic E-state index is -0.960. The molecule has 1 N–H and O–H groups in total. The fourth-order valence-corrected chi connectivity index (χ4v) is 2.75. The Morgan fingerprint density at radius 2 is 2.00 bits per heavy atom. The SMILES string of the molecule is O=C(O)c1cccc2c1nnn2CCN1CCCCC1. The van der Waals surface area contributed by atoms with Crippen molar-refractivity contribution in [1.82, 2.24) is 19.9 Å². The molecule has 6 heteroatoms. The normalized spacial score (nSPS) is 16.6. The standard InChI is InChI=1S/C14H18N4O2/c19-14(20)11-5-4-6-12-13(11)15-16-18(12)10-9-17-7-2-1-3-8-17/h4-6H,1-3,7-10H2,(H,19,20). The van der Waals surface area contributed by atoms with Crippen LogP contribution in [0.5, 0.6) is 0 Å². The molecule has 0 spiro atoms. The van der Waals surface area contributed by atoms with E-state index in [1.54, 1.807) is 16.8 Å². The molecule has 0 saturated carbocycles. The van der Waals surface area contributed by atoms with Crippen molar-refractivity contribution >= 4 is 17.0 Å². The monoisotopic (exact) mass is 274 g/mol. The topological polar surface area (TPSA) is 71.2 Å². The van der Waals surface area contributed by atoms with Crippen LogP contribution in [0.4, 0.5) is 0 Å². The van der Waals surface area contributed by atoms with Crippen LogP contribution in [0.3, 0.4) is 0 Å². The number of carbonyl (C=O) groups is 1. The van der Waals surface area contributed by atoms with E-state index in [0.29, 0.717) is 5.52 Å². The molecule has 0 unspecified atom stereocenters. The molecule has 0 bridgehead atoms. The summed E-state index contributed by atoms with van der Waals surface area (Å²) in [7, 11) is 0. The third-order valence-corrected chi connectivity index (χ3v) is 3.85. The summed E-state index contributed by atoms with van der Waals surface area (Å²) < 4.78 is 1.80. The van der Waals surface area contributed by atoms with Crippen molar-refractivity contribution in [3.8, 4) is 0 Å². The number of fused-ring (bicyclic) bond motifs is 1. The second-order valence-electron chi connectivity index (χ2n) is 5.19. The molecule has 106 valence electrons. The fraction of sp³-hybridized carbons (Fsp3) is 0.500. The Balaban J connectivity index is 1.78. The summed E-state index contributed by atoms with van der Waals surface area (Å²) in [4.78, 5) is 13.6. The molecular formula is C14H18N4O2. The smallest absolute Gasteiger partial charge is 0.338 e. The van der Waals surface area contributed by atoms with E-state index < -0.39 is 5.97 Å². The second-order valence-corrected chi connectivity index (χ2v) is 5.19. The molecule has 0 atom stereocenters. The number of aromatic nitrogens is 3. The van der Waals surface area contributed by atoms with Crippen molar-refractivity contribution < 1.29 is 9.90 Å². The largest absolute Gasteiger partial charge is 0.478 e. The van der Waals surface area contributed by atoms with Crippen molar-refractivity contribution in [3.05, 3.63) is 23.8 Å². The van der Waals surface area contributed by atoms with E-state index in [2.05, 4.69) is 15.2 Å². The fourth-order valence-electron chi connectivity index (χ4n) is 2.75. The van der Waals surface area contributed by atoms with Gasteiger partial charge in [-0.05, 0) is 38.1 Å². The van der Waals surface area contributed by atoms with Crippen molar-refractivity contribution in [3.63, 3.8) is 0 Å². The number of likely N-dealkylation sites (tertiary alicyclic amines) is 1. The average molecular weight is 274 g/mol. The summed E-state index contributed by atoms with van der Waals surface area (Å²) in [5.74, 6) is -0.960. The van der Waals surface area contributed by atoms with Crippen LogP contribution in [0.15, 0.2) is 18.2 Å². The first-order chi connectivity index (χ1) is 9.75. The first kappa shape index (κ1) is 13.1. The maximum atomic E-state index is 11.1. The lowest BCUT2D eigenvalue weighted by molar-refractivity contribution is 0.0699. The Kier molecular flexibility index (Phi) is 3.64. The zero-order chi connectivity index (χ0) is 13.9. The van der Waals surface area contributed by atoms with Crippen LogP contribution in [0, 0.1) is 0 Å². The van der Waals surface area contributed by atoms with Gasteiger partial charge in [0.05, 0.1) is 17.6 Å². The average Bonchev–Trinajstić information content (AvgIpc) is 2.89. The zero-order valence-electron chi connectivity index (χ0n) is 11.3. The van der Waals surface area contributed by atoms with Gasteiger partial charge in [-0.3, -0.25) is 0 Å². The first-order valence-electron chi connectivity index (χ1n) is 7.03. The second kappa shape index (κ2) is 5.58. The first-order valence-corrected chi connectivity index (χ1v) is 7.03. The number of piperidine rings is 1. The molecule has 6 nitrogen and oxygen atoms in total. The summed E-state index contributed by atoms with van der Waals surface area (Å²) in [5, 5.41) is 17.3. The Bertz CT molecular complexity index is 617. The van der Waals surface area contributed by atoms with E-state index in [4.69, 9.17) is 5.11 Å². The number of nitrogens with zero attached hydrogens (tertiary/aromatic N) is 4. The van der Waals surface area contributed by atoms with Gasteiger partial charge in [0, 0.05) is 6.54 Å². The number of benzene rings is 1. The molecule has 1 fully saturated rings. The predicted octanol–water partition coefficient (Wildman–Crippen LogP) is 1.62. The minimum Gasteiger partial charge on any atom is -0.478 e. The highest BCUT2D eigenvalue weighted by Gasteiger charge is 2.15. The predicted molar refractivity (Wildman–Crippen MR) is 74.8 cm³/mol. The maximum Gasteiger partial charge on any atom is 0.338 e. The molecular weight excluding hydrogens is 256 g/mol. The van der Waals surface area contributed by atoms with E-state index >= 15 is 0 Å². The number of hydrogen-bond donors (Lipinski definition) is 1. The van der Waals surface area contributed by atoms with Gasteiger partial charge in [-0.1, -0.05) is 17.7 Å². The number of rotatable bonds is 4. The Hall–Kier alpha value is -1.95. The molecule has 1 aliphatic rings. The van der Waals surface area contributed by atoms with Gasteiger partial charge in [-0.15, -0.1) is 5.10 Å². The van der Waals surface area contributed by atoms with Gasteiger partial charge >= 0.3 is 5.97 Å². The van der Waals surface area contributed by atoms with Crippen LogP contribution >= 0.6 is 0 Å². The molecule has 20 heavy (non-hydrogen) atoms. The molecule has 2 aromatic rings. The molecule has 0 aliphatic carbocycles. The highest BCUT2D eigenvalue weighted by atomic mass is 16.4. The molecule has 1 aliphatic heterocycles. The van der Waals surface area contributed by atoms with Crippen molar-refractivity contribution in [2.75, 3.05) is 19.6 Å². The van der Waals surface area contributed by atoms with Gasteiger partial charge in [0.2, 0.25) is 0 Å². The van der Waals surface area contributed by atoms with E-state index in [0.717, 1.165) is 31.7 Å². The quantitative estimate of drug-likeness (QED) is 0.917. The zero-order valence-corrected chi connectivity index (χ0v) is 11.3. The Morgan fingerprint density at radius 3 is 2.75 bits per heavy atom. The van der Waals surface area contributed by atoms with E-state index in [1.165, 1.54) is 19.3 Å². The van der Waals surface area contributed by atoms with Crippen LogP contribution in [-0.2, 0) is 6.54 Å². The van der Waals surface area contributed by atoms with E-state index in [-0.39, 0.29) is 5.56 Å². The summed E-state index contributed by atoms with van der Waals surface area (Å²) in [6, 6.07) is 5.18. The molecule has 0 amide bonds.